The lowest BCUT2D eigenvalue weighted by Gasteiger charge is -2.20. The van der Waals surface area contributed by atoms with Crippen LogP contribution in [0.25, 0.3) is 0 Å². The van der Waals surface area contributed by atoms with E-state index in [0.717, 1.165) is 30.0 Å². The van der Waals surface area contributed by atoms with Gasteiger partial charge >= 0.3 is 12.1 Å². The summed E-state index contributed by atoms with van der Waals surface area (Å²) in [5.41, 5.74) is -1.95. The van der Waals surface area contributed by atoms with Gasteiger partial charge in [-0.3, -0.25) is 0 Å². The SMILES string of the molecule is CC(O)(C(=O)OC(=O)n1ccnc1)c1ccc(F)cc1. The molecule has 0 spiro atoms. The van der Waals surface area contributed by atoms with Gasteiger partial charge in [-0.2, -0.15) is 0 Å². The highest BCUT2D eigenvalue weighted by Crippen LogP contribution is 2.22. The zero-order chi connectivity index (χ0) is 14.8. The van der Waals surface area contributed by atoms with Gasteiger partial charge in [-0.15, -0.1) is 0 Å². The number of nitrogens with zero attached hydrogens (tertiary/aromatic N) is 2. The molecular formula is C13H11FN2O4. The molecule has 2 rings (SSSR count). The molecule has 1 aromatic heterocycles. The Labute approximate surface area is 113 Å². The summed E-state index contributed by atoms with van der Waals surface area (Å²) in [6.45, 7) is 1.16. The molecule has 1 unspecified atom stereocenters. The second-order valence-corrected chi connectivity index (χ2v) is 4.20. The molecule has 1 aromatic carbocycles. The summed E-state index contributed by atoms with van der Waals surface area (Å²) < 4.78 is 18.3. The number of ether oxygens (including phenoxy) is 1. The molecule has 0 aliphatic carbocycles. The second-order valence-electron chi connectivity index (χ2n) is 4.20. The van der Waals surface area contributed by atoms with Crippen LogP contribution in [0, 0.1) is 5.82 Å². The molecule has 2 aromatic rings. The number of carbonyl (C=O) groups is 2. The first kappa shape index (κ1) is 13.9. The zero-order valence-corrected chi connectivity index (χ0v) is 10.5. The van der Waals surface area contributed by atoms with Gasteiger partial charge in [0.2, 0.25) is 0 Å². The molecule has 0 radical (unpaired) electrons. The van der Waals surface area contributed by atoms with E-state index in [1.54, 1.807) is 0 Å². The quantitative estimate of drug-likeness (QED) is 0.664. The standard InChI is InChI=1S/C13H11FN2O4/c1-13(19,9-2-4-10(14)5-3-9)11(17)20-12(18)16-7-6-15-8-16/h2-8,19H,1H3. The molecule has 7 heteroatoms. The van der Waals surface area contributed by atoms with Crippen molar-refractivity contribution in [2.24, 2.45) is 0 Å². The van der Waals surface area contributed by atoms with Gasteiger partial charge in [0.15, 0.2) is 5.60 Å². The summed E-state index contributed by atoms with van der Waals surface area (Å²) in [4.78, 5) is 27.0. The largest absolute Gasteiger partial charge is 0.427 e. The van der Waals surface area contributed by atoms with Gasteiger partial charge in [0.05, 0.1) is 0 Å². The van der Waals surface area contributed by atoms with E-state index >= 15 is 0 Å². The number of hydrogen-bond donors (Lipinski definition) is 1. The van der Waals surface area contributed by atoms with Gasteiger partial charge in [-0.25, -0.2) is 23.5 Å². The van der Waals surface area contributed by atoms with E-state index < -0.39 is 23.5 Å². The fraction of sp³-hybridized carbons (Fsp3) is 0.154. The first-order valence-electron chi connectivity index (χ1n) is 5.64. The number of hydrogen-bond acceptors (Lipinski definition) is 5. The molecule has 20 heavy (non-hydrogen) atoms. The molecule has 0 aliphatic heterocycles. The summed E-state index contributed by atoms with van der Waals surface area (Å²) in [6.07, 6.45) is 2.80. The van der Waals surface area contributed by atoms with Gasteiger partial charge in [0.1, 0.15) is 12.1 Å². The van der Waals surface area contributed by atoms with Gasteiger partial charge in [0, 0.05) is 12.4 Å². The number of benzene rings is 1. The minimum absolute atomic E-state index is 0.113. The Morgan fingerprint density at radius 3 is 2.55 bits per heavy atom. The molecular weight excluding hydrogens is 267 g/mol. The van der Waals surface area contributed by atoms with E-state index in [4.69, 9.17) is 0 Å². The highest BCUT2D eigenvalue weighted by molar-refractivity contribution is 5.90. The van der Waals surface area contributed by atoms with Crippen molar-refractivity contribution in [3.8, 4) is 0 Å². The highest BCUT2D eigenvalue weighted by Gasteiger charge is 2.36. The minimum atomic E-state index is -2.07. The zero-order valence-electron chi connectivity index (χ0n) is 10.5. The van der Waals surface area contributed by atoms with Gasteiger partial charge in [-0.1, -0.05) is 12.1 Å². The maximum atomic E-state index is 12.8. The van der Waals surface area contributed by atoms with E-state index in [1.165, 1.54) is 24.5 Å². The van der Waals surface area contributed by atoms with Crippen molar-refractivity contribution in [3.05, 3.63) is 54.4 Å². The van der Waals surface area contributed by atoms with Crippen molar-refractivity contribution in [1.82, 2.24) is 9.55 Å². The van der Waals surface area contributed by atoms with E-state index in [-0.39, 0.29) is 5.56 Å². The van der Waals surface area contributed by atoms with Crippen LogP contribution in [-0.4, -0.2) is 26.7 Å². The average Bonchev–Trinajstić information content (AvgIpc) is 2.93. The maximum Gasteiger partial charge on any atom is 0.427 e. The first-order chi connectivity index (χ1) is 9.41. The summed E-state index contributed by atoms with van der Waals surface area (Å²) in [6, 6.07) is 4.65. The summed E-state index contributed by atoms with van der Waals surface area (Å²) >= 11 is 0. The Balaban J connectivity index is 2.15. The number of halogens is 1. The second kappa shape index (κ2) is 5.22. The molecule has 0 bridgehead atoms. The van der Waals surface area contributed by atoms with Crippen LogP contribution in [0.2, 0.25) is 0 Å². The van der Waals surface area contributed by atoms with Crippen molar-refractivity contribution < 1.29 is 23.8 Å². The van der Waals surface area contributed by atoms with Crippen LogP contribution in [0.1, 0.15) is 12.5 Å². The van der Waals surface area contributed by atoms with Crippen LogP contribution in [-0.2, 0) is 15.1 Å². The van der Waals surface area contributed by atoms with Gasteiger partial charge in [0.25, 0.3) is 0 Å². The third-order valence-electron chi connectivity index (χ3n) is 2.70. The van der Waals surface area contributed by atoms with Crippen LogP contribution < -0.4 is 0 Å². The molecule has 104 valence electrons. The summed E-state index contributed by atoms with van der Waals surface area (Å²) in [5, 5.41) is 10.1. The van der Waals surface area contributed by atoms with E-state index in [1.807, 2.05) is 0 Å². The predicted molar refractivity (Wildman–Crippen MR) is 65.1 cm³/mol. The fourth-order valence-electron chi connectivity index (χ4n) is 1.49. The normalized spacial score (nSPS) is 13.6. The number of imidazole rings is 1. The van der Waals surface area contributed by atoms with Crippen molar-refractivity contribution in [2.45, 2.75) is 12.5 Å². The fourth-order valence-corrected chi connectivity index (χ4v) is 1.49. The summed E-state index contributed by atoms with van der Waals surface area (Å²) in [5.74, 6) is -1.67. The lowest BCUT2D eigenvalue weighted by atomic mass is 9.96. The molecule has 1 N–H and O–H groups in total. The average molecular weight is 278 g/mol. The monoisotopic (exact) mass is 278 g/mol. The third-order valence-corrected chi connectivity index (χ3v) is 2.70. The highest BCUT2D eigenvalue weighted by atomic mass is 19.1. The third kappa shape index (κ3) is 2.72. The first-order valence-corrected chi connectivity index (χ1v) is 5.64. The topological polar surface area (TPSA) is 81.4 Å². The summed E-state index contributed by atoms with van der Waals surface area (Å²) in [7, 11) is 0. The predicted octanol–water partition coefficient (Wildman–Crippen LogP) is 1.44. The Hall–Kier alpha value is -2.54. The lowest BCUT2D eigenvalue weighted by molar-refractivity contribution is -0.157. The van der Waals surface area contributed by atoms with Crippen LogP contribution >= 0.6 is 0 Å². The van der Waals surface area contributed by atoms with Crippen molar-refractivity contribution in [3.63, 3.8) is 0 Å². The van der Waals surface area contributed by atoms with Crippen LogP contribution in [0.4, 0.5) is 9.18 Å². The maximum absolute atomic E-state index is 12.8. The van der Waals surface area contributed by atoms with Crippen molar-refractivity contribution >= 4 is 12.1 Å². The number of aromatic nitrogens is 2. The molecule has 6 nitrogen and oxygen atoms in total. The number of carbonyl (C=O) groups excluding carboxylic acids is 2. The lowest BCUT2D eigenvalue weighted by Crippen LogP contribution is -2.36. The van der Waals surface area contributed by atoms with Crippen LogP contribution in [0.5, 0.6) is 0 Å². The van der Waals surface area contributed by atoms with E-state index in [2.05, 4.69) is 9.72 Å². The van der Waals surface area contributed by atoms with E-state index in [9.17, 15) is 19.1 Å². The van der Waals surface area contributed by atoms with Crippen LogP contribution in [0.3, 0.4) is 0 Å². The van der Waals surface area contributed by atoms with Crippen molar-refractivity contribution in [1.29, 1.82) is 0 Å². The molecule has 1 heterocycles. The minimum Gasteiger partial charge on any atom is -0.374 e. The molecule has 0 saturated carbocycles. The smallest absolute Gasteiger partial charge is 0.374 e. The Morgan fingerprint density at radius 2 is 2.00 bits per heavy atom. The number of aliphatic hydroxyl groups is 1. The molecule has 0 amide bonds. The Kier molecular flexibility index (Phi) is 3.62. The molecule has 0 aliphatic rings. The Bertz CT molecular complexity index is 620. The molecule has 0 fully saturated rings. The number of esters is 1. The van der Waals surface area contributed by atoms with Crippen LogP contribution in [0.15, 0.2) is 43.0 Å². The Morgan fingerprint density at radius 1 is 1.35 bits per heavy atom. The van der Waals surface area contributed by atoms with Gasteiger partial charge in [-0.05, 0) is 24.6 Å². The van der Waals surface area contributed by atoms with E-state index in [0.29, 0.717) is 0 Å². The van der Waals surface area contributed by atoms with Crippen molar-refractivity contribution in [2.75, 3.05) is 0 Å². The molecule has 0 saturated heterocycles. The molecule has 1 atom stereocenters. The van der Waals surface area contributed by atoms with Gasteiger partial charge < -0.3 is 9.84 Å². The number of rotatable bonds is 2.